The van der Waals surface area contributed by atoms with Gasteiger partial charge in [-0.15, -0.1) is 10.2 Å². The fraction of sp³-hybridized carbons (Fsp3) is 0.308. The third-order valence-electron chi connectivity index (χ3n) is 2.52. The second kappa shape index (κ2) is 5.87. The number of anilines is 1. The standard InChI is InChI=1S/C13H15ClN4OS/c1-13(2,15)11(19)16-12-18-17-10(20-12)7-8-4-3-5-9(14)6-8/h3-6H,7,15H2,1-2H3,(H,16,18,19). The maximum Gasteiger partial charge on any atom is 0.245 e. The number of carbonyl (C=O) groups is 1. The molecule has 0 aliphatic heterocycles. The van der Waals surface area contributed by atoms with E-state index in [2.05, 4.69) is 15.5 Å². The Hall–Kier alpha value is -1.50. The van der Waals surface area contributed by atoms with Crippen LogP contribution in [-0.2, 0) is 11.2 Å². The van der Waals surface area contributed by atoms with Gasteiger partial charge in [-0.2, -0.15) is 0 Å². The third-order valence-corrected chi connectivity index (χ3v) is 3.59. The van der Waals surface area contributed by atoms with Crippen molar-refractivity contribution >= 4 is 34.0 Å². The Bertz CT molecular complexity index is 621. The first-order valence-corrected chi connectivity index (χ1v) is 7.21. The second-order valence-corrected chi connectivity index (χ2v) is 6.48. The smallest absolute Gasteiger partial charge is 0.245 e. The minimum Gasteiger partial charge on any atom is -0.318 e. The maximum atomic E-state index is 11.7. The fourth-order valence-corrected chi connectivity index (χ4v) is 2.44. The highest BCUT2D eigenvalue weighted by atomic mass is 35.5. The van der Waals surface area contributed by atoms with Gasteiger partial charge in [-0.1, -0.05) is 35.1 Å². The second-order valence-electron chi connectivity index (χ2n) is 4.98. The van der Waals surface area contributed by atoms with E-state index in [1.54, 1.807) is 13.8 Å². The van der Waals surface area contributed by atoms with Crippen LogP contribution in [0.3, 0.4) is 0 Å². The Morgan fingerprint density at radius 2 is 2.20 bits per heavy atom. The Kier molecular flexibility index (Phi) is 4.37. The van der Waals surface area contributed by atoms with E-state index < -0.39 is 5.54 Å². The summed E-state index contributed by atoms with van der Waals surface area (Å²) in [6.07, 6.45) is 0.625. The number of benzene rings is 1. The van der Waals surface area contributed by atoms with Gasteiger partial charge in [0.25, 0.3) is 0 Å². The van der Waals surface area contributed by atoms with Crippen LogP contribution in [-0.4, -0.2) is 21.6 Å². The van der Waals surface area contributed by atoms with Crippen molar-refractivity contribution in [2.45, 2.75) is 25.8 Å². The van der Waals surface area contributed by atoms with Crippen LogP contribution in [0.2, 0.25) is 5.02 Å². The summed E-state index contributed by atoms with van der Waals surface area (Å²) in [7, 11) is 0. The molecular formula is C13H15ClN4OS. The maximum absolute atomic E-state index is 11.7. The van der Waals surface area contributed by atoms with Crippen molar-refractivity contribution in [3.63, 3.8) is 0 Å². The predicted octanol–water partition coefficient (Wildman–Crippen LogP) is 2.46. The van der Waals surface area contributed by atoms with Gasteiger partial charge >= 0.3 is 0 Å². The number of amides is 1. The topological polar surface area (TPSA) is 80.9 Å². The highest BCUT2D eigenvalue weighted by Gasteiger charge is 2.23. The zero-order valence-corrected chi connectivity index (χ0v) is 12.8. The molecule has 2 rings (SSSR count). The number of hydrogen-bond acceptors (Lipinski definition) is 5. The van der Waals surface area contributed by atoms with Crippen molar-refractivity contribution in [2.75, 3.05) is 5.32 Å². The van der Waals surface area contributed by atoms with Crippen LogP contribution < -0.4 is 11.1 Å². The first-order valence-electron chi connectivity index (χ1n) is 6.02. The lowest BCUT2D eigenvalue weighted by Crippen LogP contribution is -2.45. The number of carbonyl (C=O) groups excluding carboxylic acids is 1. The SMILES string of the molecule is CC(C)(N)C(=O)Nc1nnc(Cc2cccc(Cl)c2)s1. The van der Waals surface area contributed by atoms with Crippen molar-refractivity contribution in [1.29, 1.82) is 0 Å². The average molecular weight is 311 g/mol. The molecule has 3 N–H and O–H groups in total. The van der Waals surface area contributed by atoms with Crippen LogP contribution in [0.15, 0.2) is 24.3 Å². The van der Waals surface area contributed by atoms with Gasteiger partial charge in [-0.05, 0) is 31.5 Å². The first-order chi connectivity index (χ1) is 9.34. The summed E-state index contributed by atoms with van der Waals surface area (Å²) in [4.78, 5) is 11.7. The molecule has 0 radical (unpaired) electrons. The molecule has 7 heteroatoms. The molecule has 0 saturated carbocycles. The average Bonchev–Trinajstić information content (AvgIpc) is 2.75. The van der Waals surface area contributed by atoms with Crippen molar-refractivity contribution in [1.82, 2.24) is 10.2 Å². The van der Waals surface area contributed by atoms with E-state index in [9.17, 15) is 4.79 Å². The summed E-state index contributed by atoms with van der Waals surface area (Å²) in [6.45, 7) is 3.27. The number of nitrogens with two attached hydrogens (primary N) is 1. The molecule has 1 amide bonds. The molecule has 0 spiro atoms. The number of aromatic nitrogens is 2. The van der Waals surface area contributed by atoms with Crippen LogP contribution >= 0.6 is 22.9 Å². The fourth-order valence-electron chi connectivity index (χ4n) is 1.46. The van der Waals surface area contributed by atoms with Gasteiger partial charge in [0.1, 0.15) is 5.01 Å². The summed E-state index contributed by atoms with van der Waals surface area (Å²) in [5, 5.41) is 12.6. The van der Waals surface area contributed by atoms with E-state index >= 15 is 0 Å². The molecule has 0 fully saturated rings. The van der Waals surface area contributed by atoms with Crippen LogP contribution in [0.1, 0.15) is 24.4 Å². The van der Waals surface area contributed by atoms with Crippen LogP contribution in [0, 0.1) is 0 Å². The van der Waals surface area contributed by atoms with Crippen LogP contribution in [0.5, 0.6) is 0 Å². The molecule has 0 saturated heterocycles. The summed E-state index contributed by atoms with van der Waals surface area (Å²) >= 11 is 7.26. The highest BCUT2D eigenvalue weighted by molar-refractivity contribution is 7.15. The van der Waals surface area contributed by atoms with E-state index in [1.807, 2.05) is 24.3 Å². The molecule has 0 bridgehead atoms. The van der Waals surface area contributed by atoms with Crippen molar-refractivity contribution in [3.05, 3.63) is 39.9 Å². The van der Waals surface area contributed by atoms with E-state index in [4.69, 9.17) is 17.3 Å². The lowest BCUT2D eigenvalue weighted by atomic mass is 10.1. The summed E-state index contributed by atoms with van der Waals surface area (Å²) in [6, 6.07) is 7.55. The van der Waals surface area contributed by atoms with E-state index in [-0.39, 0.29) is 5.91 Å². The number of halogens is 1. The number of nitrogens with zero attached hydrogens (tertiary/aromatic N) is 2. The Labute approximate surface area is 126 Å². The summed E-state index contributed by atoms with van der Waals surface area (Å²) < 4.78 is 0. The molecule has 20 heavy (non-hydrogen) atoms. The van der Waals surface area contributed by atoms with Gasteiger partial charge in [-0.25, -0.2) is 0 Å². The minimum absolute atomic E-state index is 0.289. The van der Waals surface area contributed by atoms with Crippen LogP contribution in [0.4, 0.5) is 5.13 Å². The van der Waals surface area contributed by atoms with E-state index in [1.165, 1.54) is 11.3 Å². The highest BCUT2D eigenvalue weighted by Crippen LogP contribution is 2.20. The molecule has 0 unspecified atom stereocenters. The molecule has 1 aromatic heterocycles. The monoisotopic (exact) mass is 310 g/mol. The normalized spacial score (nSPS) is 11.4. The molecule has 106 valence electrons. The summed E-state index contributed by atoms with van der Waals surface area (Å²) in [5.41, 5.74) is 5.80. The summed E-state index contributed by atoms with van der Waals surface area (Å²) in [5.74, 6) is -0.289. The number of hydrogen-bond donors (Lipinski definition) is 2. The van der Waals surface area contributed by atoms with Gasteiger partial charge in [0.15, 0.2) is 0 Å². The van der Waals surface area contributed by atoms with Gasteiger partial charge in [0.2, 0.25) is 11.0 Å². The van der Waals surface area contributed by atoms with Crippen molar-refractivity contribution in [3.8, 4) is 0 Å². The molecule has 0 atom stereocenters. The largest absolute Gasteiger partial charge is 0.318 e. The van der Waals surface area contributed by atoms with Gasteiger partial charge in [0.05, 0.1) is 5.54 Å². The number of nitrogens with one attached hydrogen (secondary N) is 1. The van der Waals surface area contributed by atoms with Crippen molar-refractivity contribution < 1.29 is 4.79 Å². The Morgan fingerprint density at radius 1 is 1.45 bits per heavy atom. The predicted molar refractivity (Wildman–Crippen MR) is 81.1 cm³/mol. The Balaban J connectivity index is 2.04. The molecule has 5 nitrogen and oxygen atoms in total. The molecule has 1 aromatic carbocycles. The molecule has 0 aliphatic carbocycles. The third kappa shape index (κ3) is 4.00. The zero-order chi connectivity index (χ0) is 14.8. The van der Waals surface area contributed by atoms with Gasteiger partial charge in [-0.3, -0.25) is 10.1 Å². The van der Waals surface area contributed by atoms with Crippen molar-refractivity contribution in [2.24, 2.45) is 5.73 Å². The molecule has 2 aromatic rings. The zero-order valence-electron chi connectivity index (χ0n) is 11.2. The van der Waals surface area contributed by atoms with Gasteiger partial charge in [0, 0.05) is 11.4 Å². The van der Waals surface area contributed by atoms with Crippen LogP contribution in [0.25, 0.3) is 0 Å². The quantitative estimate of drug-likeness (QED) is 0.909. The number of rotatable bonds is 4. The lowest BCUT2D eigenvalue weighted by molar-refractivity contribution is -0.120. The first kappa shape index (κ1) is 14.9. The lowest BCUT2D eigenvalue weighted by Gasteiger charge is -2.15. The molecule has 1 heterocycles. The van der Waals surface area contributed by atoms with E-state index in [0.717, 1.165) is 10.6 Å². The van der Waals surface area contributed by atoms with E-state index in [0.29, 0.717) is 16.6 Å². The molecule has 0 aliphatic rings. The van der Waals surface area contributed by atoms with Gasteiger partial charge < -0.3 is 5.73 Å². The Morgan fingerprint density at radius 3 is 2.85 bits per heavy atom. The molecular weight excluding hydrogens is 296 g/mol. The minimum atomic E-state index is -0.946.